The molecule has 1 aromatic heterocycles. The van der Waals surface area contributed by atoms with E-state index in [2.05, 4.69) is 34.1 Å². The van der Waals surface area contributed by atoms with E-state index < -0.39 is 0 Å². The van der Waals surface area contributed by atoms with Crippen LogP contribution in [0.1, 0.15) is 35.8 Å². The number of carbonyl (C=O) groups excluding carboxylic acids is 1. The second-order valence-corrected chi connectivity index (χ2v) is 9.10. The van der Waals surface area contributed by atoms with Crippen molar-refractivity contribution in [3.8, 4) is 0 Å². The fraction of sp³-hybridized carbons (Fsp3) is 0.524. The molecule has 0 unspecified atom stereocenters. The lowest BCUT2D eigenvalue weighted by atomic mass is 9.60. The molecule has 2 saturated heterocycles. The second-order valence-electron chi connectivity index (χ2n) is 8.12. The Hall–Kier alpha value is -1.76. The second kappa shape index (κ2) is 6.69. The van der Waals surface area contributed by atoms with Gasteiger partial charge < -0.3 is 10.0 Å². The van der Waals surface area contributed by atoms with Crippen LogP contribution < -0.4 is 0 Å². The molecule has 1 aliphatic carbocycles. The molecular weight excluding hydrogens is 358 g/mol. The standard InChI is InChI=1S/C21H25N3O2S/c25-12-17-19(15-5-2-1-3-6-15)21(24(17)11-18-22-9-10-27-18)13-23(14-21)20(26)16-7-4-8-16/h1-3,5-6,9-10,16-17,19,25H,4,7-8,11-14H2/t17-,19-/m1/s1. The van der Waals surface area contributed by atoms with E-state index in [4.69, 9.17) is 0 Å². The van der Waals surface area contributed by atoms with Crippen molar-refractivity contribution >= 4 is 17.2 Å². The van der Waals surface area contributed by atoms with Gasteiger partial charge in [0.1, 0.15) is 5.01 Å². The SMILES string of the molecule is O=C(C1CCC1)N1CC2(C1)[C@H](c1ccccc1)[C@@H](CO)N2Cc1nccs1. The number of aromatic nitrogens is 1. The number of thiazole rings is 1. The molecular formula is C21H25N3O2S. The summed E-state index contributed by atoms with van der Waals surface area (Å²) in [6.45, 7) is 2.41. The number of benzene rings is 1. The van der Waals surface area contributed by atoms with Crippen LogP contribution in [-0.2, 0) is 11.3 Å². The molecule has 1 amide bonds. The molecule has 3 aliphatic rings. The van der Waals surface area contributed by atoms with Crippen LogP contribution in [0.25, 0.3) is 0 Å². The smallest absolute Gasteiger partial charge is 0.225 e. The third kappa shape index (κ3) is 2.65. The Bertz CT molecular complexity index is 800. The molecule has 3 heterocycles. The Kier molecular flexibility index (Phi) is 4.30. The highest BCUT2D eigenvalue weighted by atomic mass is 32.1. The summed E-state index contributed by atoms with van der Waals surface area (Å²) in [7, 11) is 0. The van der Waals surface area contributed by atoms with Gasteiger partial charge in [0.2, 0.25) is 5.91 Å². The van der Waals surface area contributed by atoms with Crippen molar-refractivity contribution in [2.45, 2.75) is 43.3 Å². The van der Waals surface area contributed by atoms with Gasteiger partial charge in [-0.25, -0.2) is 4.98 Å². The average molecular weight is 384 g/mol. The predicted octanol–water partition coefficient (Wildman–Crippen LogP) is 2.48. The number of amides is 1. The summed E-state index contributed by atoms with van der Waals surface area (Å²) in [5.74, 6) is 0.841. The summed E-state index contributed by atoms with van der Waals surface area (Å²) < 4.78 is 0. The molecule has 2 atom stereocenters. The third-order valence-electron chi connectivity index (χ3n) is 6.77. The largest absolute Gasteiger partial charge is 0.395 e. The third-order valence-corrected chi connectivity index (χ3v) is 7.53. The lowest BCUT2D eigenvalue weighted by Crippen LogP contribution is -2.84. The van der Waals surface area contributed by atoms with Gasteiger partial charge >= 0.3 is 0 Å². The Morgan fingerprint density at radius 2 is 2.04 bits per heavy atom. The van der Waals surface area contributed by atoms with Gasteiger partial charge in [-0.3, -0.25) is 9.69 Å². The number of aliphatic hydroxyl groups excluding tert-OH is 1. The highest BCUT2D eigenvalue weighted by molar-refractivity contribution is 7.09. The van der Waals surface area contributed by atoms with Crippen LogP contribution >= 0.6 is 11.3 Å². The number of aliphatic hydroxyl groups is 1. The number of hydrogen-bond donors (Lipinski definition) is 1. The van der Waals surface area contributed by atoms with Crippen molar-refractivity contribution in [2.75, 3.05) is 19.7 Å². The molecule has 1 aromatic carbocycles. The summed E-state index contributed by atoms with van der Waals surface area (Å²) in [5.41, 5.74) is 1.20. The van der Waals surface area contributed by atoms with Gasteiger partial charge in [-0.05, 0) is 18.4 Å². The Morgan fingerprint density at radius 1 is 1.26 bits per heavy atom. The molecule has 1 N–H and O–H groups in total. The first kappa shape index (κ1) is 17.3. The van der Waals surface area contributed by atoms with E-state index in [-0.39, 0.29) is 30.0 Å². The molecule has 0 radical (unpaired) electrons. The monoisotopic (exact) mass is 383 g/mol. The molecule has 0 bridgehead atoms. The topological polar surface area (TPSA) is 56.7 Å². The molecule has 5 rings (SSSR count). The van der Waals surface area contributed by atoms with E-state index >= 15 is 0 Å². The van der Waals surface area contributed by atoms with Gasteiger partial charge in [0, 0.05) is 42.5 Å². The van der Waals surface area contributed by atoms with Crippen molar-refractivity contribution in [1.82, 2.24) is 14.8 Å². The maximum absolute atomic E-state index is 12.7. The number of likely N-dealkylation sites (tertiary alicyclic amines) is 2. The van der Waals surface area contributed by atoms with E-state index in [1.54, 1.807) is 11.3 Å². The highest BCUT2D eigenvalue weighted by Crippen LogP contribution is 2.55. The number of carbonyl (C=O) groups is 1. The fourth-order valence-electron chi connectivity index (χ4n) is 5.18. The van der Waals surface area contributed by atoms with E-state index in [0.29, 0.717) is 5.91 Å². The highest BCUT2D eigenvalue weighted by Gasteiger charge is 2.66. The lowest BCUT2D eigenvalue weighted by molar-refractivity contribution is -0.203. The zero-order chi connectivity index (χ0) is 18.4. The Balaban J connectivity index is 1.41. The van der Waals surface area contributed by atoms with Gasteiger partial charge in [-0.2, -0.15) is 0 Å². The van der Waals surface area contributed by atoms with E-state index in [9.17, 15) is 9.90 Å². The minimum atomic E-state index is -0.0696. The van der Waals surface area contributed by atoms with Crippen molar-refractivity contribution in [3.05, 3.63) is 52.5 Å². The summed E-state index contributed by atoms with van der Waals surface area (Å²) in [6, 6.07) is 10.6. The van der Waals surface area contributed by atoms with Gasteiger partial charge in [0.05, 0.1) is 18.7 Å². The fourth-order valence-corrected chi connectivity index (χ4v) is 5.79. The summed E-state index contributed by atoms with van der Waals surface area (Å²) in [5, 5.41) is 13.2. The van der Waals surface area contributed by atoms with Crippen LogP contribution in [0.5, 0.6) is 0 Å². The van der Waals surface area contributed by atoms with E-state index in [1.807, 2.05) is 22.5 Å². The number of nitrogens with zero attached hydrogens (tertiary/aromatic N) is 3. The minimum absolute atomic E-state index is 0.0696. The number of hydrogen-bond acceptors (Lipinski definition) is 5. The first-order valence-electron chi connectivity index (χ1n) is 9.82. The first-order valence-corrected chi connectivity index (χ1v) is 10.7. The molecule has 142 valence electrons. The van der Waals surface area contributed by atoms with Crippen LogP contribution in [-0.4, -0.2) is 57.1 Å². The molecule has 27 heavy (non-hydrogen) atoms. The number of rotatable bonds is 5. The zero-order valence-corrected chi connectivity index (χ0v) is 16.1. The molecule has 5 nitrogen and oxygen atoms in total. The van der Waals surface area contributed by atoms with E-state index in [0.717, 1.165) is 37.5 Å². The van der Waals surface area contributed by atoms with Crippen molar-refractivity contribution in [1.29, 1.82) is 0 Å². The van der Waals surface area contributed by atoms with Crippen LogP contribution in [0.2, 0.25) is 0 Å². The normalized spacial score (nSPS) is 27.1. The average Bonchev–Trinajstić information content (AvgIpc) is 3.10. The maximum Gasteiger partial charge on any atom is 0.225 e. The van der Waals surface area contributed by atoms with Crippen molar-refractivity contribution in [2.24, 2.45) is 5.92 Å². The van der Waals surface area contributed by atoms with Crippen LogP contribution in [0.4, 0.5) is 0 Å². The predicted molar refractivity (Wildman–Crippen MR) is 104 cm³/mol. The van der Waals surface area contributed by atoms with Crippen molar-refractivity contribution in [3.63, 3.8) is 0 Å². The molecule has 1 saturated carbocycles. The van der Waals surface area contributed by atoms with Gasteiger partial charge in [-0.15, -0.1) is 11.3 Å². The summed E-state index contributed by atoms with van der Waals surface area (Å²) in [6.07, 6.45) is 5.12. The lowest BCUT2D eigenvalue weighted by Gasteiger charge is -2.71. The Morgan fingerprint density at radius 3 is 2.63 bits per heavy atom. The molecule has 3 fully saturated rings. The quantitative estimate of drug-likeness (QED) is 0.862. The van der Waals surface area contributed by atoms with Gasteiger partial charge in [0.25, 0.3) is 0 Å². The molecule has 6 heteroatoms. The maximum atomic E-state index is 12.7. The van der Waals surface area contributed by atoms with Gasteiger partial charge in [-0.1, -0.05) is 36.8 Å². The Labute approximate surface area is 163 Å². The molecule has 2 aliphatic heterocycles. The van der Waals surface area contributed by atoms with Crippen molar-refractivity contribution < 1.29 is 9.90 Å². The van der Waals surface area contributed by atoms with Crippen LogP contribution in [0.3, 0.4) is 0 Å². The summed E-state index contributed by atoms with van der Waals surface area (Å²) in [4.78, 5) is 21.6. The first-order chi connectivity index (χ1) is 13.2. The van der Waals surface area contributed by atoms with Gasteiger partial charge in [0.15, 0.2) is 0 Å². The van der Waals surface area contributed by atoms with Crippen LogP contribution in [0, 0.1) is 5.92 Å². The zero-order valence-electron chi connectivity index (χ0n) is 15.3. The molecule has 2 aromatic rings. The van der Waals surface area contributed by atoms with E-state index in [1.165, 1.54) is 12.0 Å². The summed E-state index contributed by atoms with van der Waals surface area (Å²) >= 11 is 1.66. The van der Waals surface area contributed by atoms with Crippen LogP contribution in [0.15, 0.2) is 41.9 Å². The minimum Gasteiger partial charge on any atom is -0.395 e. The molecule has 1 spiro atoms.